The van der Waals surface area contributed by atoms with E-state index in [4.69, 9.17) is 17.4 Å². The first-order chi connectivity index (χ1) is 9.72. The summed E-state index contributed by atoms with van der Waals surface area (Å²) < 4.78 is 0. The van der Waals surface area contributed by atoms with Crippen molar-refractivity contribution in [2.24, 2.45) is 5.84 Å². The number of halogens is 1. The molecule has 0 bridgehead atoms. The maximum absolute atomic E-state index is 6.00. The Bertz CT molecular complexity index is 560. The first kappa shape index (κ1) is 15.4. The minimum absolute atomic E-state index is 0.130. The minimum atomic E-state index is 0.130. The molecule has 1 unspecified atom stereocenters. The van der Waals surface area contributed by atoms with E-state index in [9.17, 15) is 0 Å². The summed E-state index contributed by atoms with van der Waals surface area (Å²) >= 11 is 7.75. The van der Waals surface area contributed by atoms with E-state index in [1.54, 1.807) is 11.8 Å². The number of nitrogens with one attached hydrogen (secondary N) is 1. The van der Waals surface area contributed by atoms with Crippen LogP contribution in [-0.4, -0.2) is 5.75 Å². The number of aryl methyl sites for hydroxylation is 1. The Kier molecular flexibility index (Phi) is 5.92. The van der Waals surface area contributed by atoms with E-state index in [-0.39, 0.29) is 6.04 Å². The van der Waals surface area contributed by atoms with Gasteiger partial charge in [0.25, 0.3) is 0 Å². The molecule has 0 spiro atoms. The predicted molar refractivity (Wildman–Crippen MR) is 88.1 cm³/mol. The Labute approximate surface area is 129 Å². The molecule has 0 heterocycles. The lowest BCUT2D eigenvalue weighted by Gasteiger charge is -2.17. The molecule has 2 aromatic carbocycles. The highest BCUT2D eigenvalue weighted by atomic mass is 35.5. The van der Waals surface area contributed by atoms with Crippen molar-refractivity contribution < 1.29 is 0 Å². The smallest absolute Gasteiger partial charge is 0.0554 e. The summed E-state index contributed by atoms with van der Waals surface area (Å²) in [5.74, 6) is 6.57. The zero-order valence-electron chi connectivity index (χ0n) is 11.5. The molecule has 2 nitrogen and oxygen atoms in total. The van der Waals surface area contributed by atoms with E-state index in [1.807, 2.05) is 18.2 Å². The Balaban J connectivity index is 2.05. The Morgan fingerprint density at radius 2 is 2.00 bits per heavy atom. The number of hydrogen-bond donors (Lipinski definition) is 2. The molecule has 0 fully saturated rings. The van der Waals surface area contributed by atoms with Crippen LogP contribution in [0.15, 0.2) is 53.4 Å². The van der Waals surface area contributed by atoms with Crippen LogP contribution in [0.3, 0.4) is 0 Å². The molecule has 20 heavy (non-hydrogen) atoms. The summed E-state index contributed by atoms with van der Waals surface area (Å²) in [6.45, 7) is 2.16. The number of nitrogens with two attached hydrogens (primary N) is 1. The van der Waals surface area contributed by atoms with Crippen molar-refractivity contribution in [2.75, 3.05) is 5.75 Å². The topological polar surface area (TPSA) is 38.0 Å². The summed E-state index contributed by atoms with van der Waals surface area (Å²) in [5.41, 5.74) is 5.45. The summed E-state index contributed by atoms with van der Waals surface area (Å²) in [6, 6.07) is 16.6. The Morgan fingerprint density at radius 3 is 2.70 bits per heavy atom. The van der Waals surface area contributed by atoms with Crippen LogP contribution in [0.5, 0.6) is 0 Å². The van der Waals surface area contributed by atoms with Gasteiger partial charge in [-0.3, -0.25) is 11.3 Å². The van der Waals surface area contributed by atoms with E-state index in [0.29, 0.717) is 0 Å². The lowest BCUT2D eigenvalue weighted by Crippen LogP contribution is -2.29. The fraction of sp³-hybridized carbons (Fsp3) is 0.250. The summed E-state index contributed by atoms with van der Waals surface area (Å²) in [7, 11) is 0. The Hall–Kier alpha value is -1.00. The second-order valence-electron chi connectivity index (χ2n) is 4.59. The lowest BCUT2D eigenvalue weighted by atomic mass is 10.0. The van der Waals surface area contributed by atoms with Crippen molar-refractivity contribution in [3.8, 4) is 0 Å². The van der Waals surface area contributed by atoms with E-state index < -0.39 is 0 Å². The standard InChI is InChI=1S/C16H19ClN2S/c1-2-12-5-3-6-13(9-12)16(19-18)11-20-15-8-4-7-14(17)10-15/h3-10,16,19H,2,11,18H2,1H3. The van der Waals surface area contributed by atoms with Crippen molar-refractivity contribution in [2.45, 2.75) is 24.3 Å². The van der Waals surface area contributed by atoms with Gasteiger partial charge in [0, 0.05) is 15.7 Å². The first-order valence-corrected chi connectivity index (χ1v) is 8.02. The molecule has 0 aromatic heterocycles. The van der Waals surface area contributed by atoms with Gasteiger partial charge in [0.05, 0.1) is 6.04 Å². The van der Waals surface area contributed by atoms with Crippen LogP contribution in [0.2, 0.25) is 5.02 Å². The van der Waals surface area contributed by atoms with Gasteiger partial charge in [-0.2, -0.15) is 0 Å². The van der Waals surface area contributed by atoms with Crippen LogP contribution < -0.4 is 11.3 Å². The van der Waals surface area contributed by atoms with Crippen LogP contribution in [-0.2, 0) is 6.42 Å². The maximum atomic E-state index is 6.00. The van der Waals surface area contributed by atoms with E-state index in [0.717, 1.165) is 22.1 Å². The first-order valence-electron chi connectivity index (χ1n) is 6.66. The van der Waals surface area contributed by atoms with Crippen LogP contribution in [0.4, 0.5) is 0 Å². The number of benzene rings is 2. The van der Waals surface area contributed by atoms with Gasteiger partial charge in [-0.15, -0.1) is 11.8 Å². The zero-order valence-corrected chi connectivity index (χ0v) is 13.0. The van der Waals surface area contributed by atoms with Crippen LogP contribution in [0, 0.1) is 0 Å². The average molecular weight is 307 g/mol. The average Bonchev–Trinajstić information content (AvgIpc) is 2.48. The fourth-order valence-electron chi connectivity index (χ4n) is 2.01. The van der Waals surface area contributed by atoms with Gasteiger partial charge >= 0.3 is 0 Å². The van der Waals surface area contributed by atoms with Crippen LogP contribution in [0.1, 0.15) is 24.1 Å². The minimum Gasteiger partial charge on any atom is -0.271 e. The van der Waals surface area contributed by atoms with E-state index in [1.165, 1.54) is 11.1 Å². The zero-order chi connectivity index (χ0) is 14.4. The van der Waals surface area contributed by atoms with Crippen LogP contribution >= 0.6 is 23.4 Å². The molecule has 106 valence electrons. The quantitative estimate of drug-likeness (QED) is 0.477. The van der Waals surface area contributed by atoms with Crippen molar-refractivity contribution in [1.29, 1.82) is 0 Å². The molecule has 2 rings (SSSR count). The summed E-state index contributed by atoms with van der Waals surface area (Å²) in [5, 5.41) is 0.764. The number of hydrazine groups is 1. The summed E-state index contributed by atoms with van der Waals surface area (Å²) in [6.07, 6.45) is 1.03. The van der Waals surface area contributed by atoms with Gasteiger partial charge in [0.1, 0.15) is 0 Å². The molecule has 0 radical (unpaired) electrons. The SMILES string of the molecule is CCc1cccc(C(CSc2cccc(Cl)c2)NN)c1. The van der Waals surface area contributed by atoms with Gasteiger partial charge in [-0.1, -0.05) is 48.9 Å². The molecule has 3 N–H and O–H groups in total. The van der Waals surface area contributed by atoms with E-state index in [2.05, 4.69) is 42.7 Å². The molecule has 0 amide bonds. The fourth-order valence-corrected chi connectivity index (χ4v) is 3.29. The second-order valence-corrected chi connectivity index (χ2v) is 6.12. The van der Waals surface area contributed by atoms with Gasteiger partial charge < -0.3 is 0 Å². The van der Waals surface area contributed by atoms with Gasteiger partial charge in [-0.05, 0) is 35.7 Å². The highest BCUT2D eigenvalue weighted by Gasteiger charge is 2.10. The van der Waals surface area contributed by atoms with Crippen LogP contribution in [0.25, 0.3) is 0 Å². The lowest BCUT2D eigenvalue weighted by molar-refractivity contribution is 0.610. The maximum Gasteiger partial charge on any atom is 0.0554 e. The van der Waals surface area contributed by atoms with E-state index >= 15 is 0 Å². The van der Waals surface area contributed by atoms with Gasteiger partial charge in [-0.25, -0.2) is 0 Å². The van der Waals surface area contributed by atoms with Crippen molar-refractivity contribution in [3.05, 3.63) is 64.7 Å². The second kappa shape index (κ2) is 7.70. The highest BCUT2D eigenvalue weighted by Crippen LogP contribution is 2.26. The number of hydrogen-bond acceptors (Lipinski definition) is 3. The summed E-state index contributed by atoms with van der Waals surface area (Å²) in [4.78, 5) is 1.16. The normalized spacial score (nSPS) is 12.3. The van der Waals surface area contributed by atoms with Gasteiger partial charge in [0.15, 0.2) is 0 Å². The largest absolute Gasteiger partial charge is 0.271 e. The predicted octanol–water partition coefficient (Wildman–Crippen LogP) is 4.20. The third-order valence-corrected chi connectivity index (χ3v) is 4.50. The van der Waals surface area contributed by atoms with Gasteiger partial charge in [0.2, 0.25) is 0 Å². The molecular weight excluding hydrogens is 288 g/mol. The molecule has 0 saturated carbocycles. The third kappa shape index (κ3) is 4.25. The van der Waals surface area contributed by atoms with Crippen molar-refractivity contribution in [3.63, 3.8) is 0 Å². The molecule has 4 heteroatoms. The number of thioether (sulfide) groups is 1. The monoisotopic (exact) mass is 306 g/mol. The molecule has 0 aliphatic carbocycles. The van der Waals surface area contributed by atoms with Crippen molar-refractivity contribution in [1.82, 2.24) is 5.43 Å². The molecule has 1 atom stereocenters. The third-order valence-electron chi connectivity index (χ3n) is 3.18. The number of rotatable bonds is 6. The molecule has 0 aliphatic heterocycles. The molecule has 2 aromatic rings. The van der Waals surface area contributed by atoms with Crippen molar-refractivity contribution >= 4 is 23.4 Å². The Morgan fingerprint density at radius 1 is 1.20 bits per heavy atom. The molecular formula is C16H19ClN2S. The molecule has 0 aliphatic rings. The highest BCUT2D eigenvalue weighted by molar-refractivity contribution is 7.99. The molecule has 0 saturated heterocycles.